The summed E-state index contributed by atoms with van der Waals surface area (Å²) in [6.45, 7) is 0.294. The van der Waals surface area contributed by atoms with Gasteiger partial charge in [-0.3, -0.25) is 9.55 Å². The van der Waals surface area contributed by atoms with Gasteiger partial charge in [-0.05, 0) is 60.9 Å². The van der Waals surface area contributed by atoms with Crippen LogP contribution in [0.4, 0.5) is 11.5 Å². The fraction of sp³-hybridized carbons (Fsp3) is 0.174. The standard InChI is InChI=1S/C23H24N4O3/c28-16-21-22(26-23(29)27(21)14-4-5-17-12-13-24-15-17)25-18-8-10-20(11-9-18)30-19-6-2-1-3-7-19/h1-3,6-13,15,24-25,28H,4-5,14,16H2,(H,26,29). The van der Waals surface area contributed by atoms with E-state index in [0.717, 1.165) is 24.3 Å². The number of imidazole rings is 1. The Morgan fingerprint density at radius 1 is 1.00 bits per heavy atom. The van der Waals surface area contributed by atoms with Gasteiger partial charge in [0.2, 0.25) is 0 Å². The summed E-state index contributed by atoms with van der Waals surface area (Å²) >= 11 is 0. The Labute approximate surface area is 174 Å². The number of hydrogen-bond donors (Lipinski definition) is 4. The number of rotatable bonds is 9. The van der Waals surface area contributed by atoms with Gasteiger partial charge in [0.05, 0.1) is 12.3 Å². The maximum Gasteiger partial charge on any atom is 0.327 e. The highest BCUT2D eigenvalue weighted by Gasteiger charge is 2.13. The van der Waals surface area contributed by atoms with Crippen LogP contribution < -0.4 is 15.7 Å². The van der Waals surface area contributed by atoms with E-state index in [-0.39, 0.29) is 12.3 Å². The summed E-state index contributed by atoms with van der Waals surface area (Å²) in [5.74, 6) is 1.98. The lowest BCUT2D eigenvalue weighted by Crippen LogP contribution is -2.19. The number of aromatic nitrogens is 3. The van der Waals surface area contributed by atoms with Crippen molar-refractivity contribution in [1.29, 1.82) is 0 Å². The van der Waals surface area contributed by atoms with Crippen LogP contribution in [0.25, 0.3) is 0 Å². The van der Waals surface area contributed by atoms with Crippen LogP contribution in [-0.2, 0) is 19.6 Å². The van der Waals surface area contributed by atoms with Gasteiger partial charge in [-0.15, -0.1) is 0 Å². The van der Waals surface area contributed by atoms with Gasteiger partial charge in [-0.25, -0.2) is 4.79 Å². The minimum Gasteiger partial charge on any atom is -0.457 e. The predicted octanol–water partition coefficient (Wildman–Crippen LogP) is 4.17. The van der Waals surface area contributed by atoms with Crippen LogP contribution >= 0.6 is 0 Å². The molecule has 0 aliphatic rings. The highest BCUT2D eigenvalue weighted by atomic mass is 16.5. The molecule has 30 heavy (non-hydrogen) atoms. The number of hydrogen-bond acceptors (Lipinski definition) is 4. The number of ether oxygens (including phenoxy) is 1. The van der Waals surface area contributed by atoms with E-state index in [0.29, 0.717) is 23.8 Å². The summed E-state index contributed by atoms with van der Waals surface area (Å²) < 4.78 is 7.38. The molecule has 0 saturated heterocycles. The first-order valence-electron chi connectivity index (χ1n) is 9.87. The number of aliphatic hydroxyl groups excluding tert-OH is 1. The quantitative estimate of drug-likeness (QED) is 0.337. The summed E-state index contributed by atoms with van der Waals surface area (Å²) in [4.78, 5) is 18.2. The van der Waals surface area contributed by atoms with Crippen molar-refractivity contribution in [3.63, 3.8) is 0 Å². The molecule has 2 aromatic carbocycles. The third kappa shape index (κ3) is 4.64. The van der Waals surface area contributed by atoms with Gasteiger partial charge in [-0.2, -0.15) is 0 Å². The Balaban J connectivity index is 1.43. The zero-order valence-electron chi connectivity index (χ0n) is 16.5. The molecular weight excluding hydrogens is 380 g/mol. The van der Waals surface area contributed by atoms with Gasteiger partial charge in [-0.1, -0.05) is 18.2 Å². The molecule has 154 valence electrons. The molecule has 7 heteroatoms. The number of nitrogens with zero attached hydrogens (tertiary/aromatic N) is 1. The zero-order valence-corrected chi connectivity index (χ0v) is 16.5. The summed E-state index contributed by atoms with van der Waals surface area (Å²) in [7, 11) is 0. The van der Waals surface area contributed by atoms with Crippen LogP contribution in [0.5, 0.6) is 11.5 Å². The largest absolute Gasteiger partial charge is 0.457 e. The third-order valence-corrected chi connectivity index (χ3v) is 4.85. The smallest absolute Gasteiger partial charge is 0.327 e. The molecule has 0 unspecified atom stereocenters. The van der Waals surface area contributed by atoms with E-state index < -0.39 is 0 Å². The second-order valence-electron chi connectivity index (χ2n) is 6.95. The Bertz CT molecular complexity index is 1110. The van der Waals surface area contributed by atoms with E-state index in [4.69, 9.17) is 4.74 Å². The van der Waals surface area contributed by atoms with E-state index in [1.165, 1.54) is 5.56 Å². The van der Waals surface area contributed by atoms with Gasteiger partial charge >= 0.3 is 5.69 Å². The maximum absolute atomic E-state index is 12.4. The number of aryl methyl sites for hydroxylation is 1. The van der Waals surface area contributed by atoms with Crippen molar-refractivity contribution < 1.29 is 9.84 Å². The van der Waals surface area contributed by atoms with E-state index in [2.05, 4.69) is 15.3 Å². The van der Waals surface area contributed by atoms with Crippen molar-refractivity contribution >= 4 is 11.5 Å². The zero-order chi connectivity index (χ0) is 20.8. The first kappa shape index (κ1) is 19.6. The Kier molecular flexibility index (Phi) is 6.01. The lowest BCUT2D eigenvalue weighted by atomic mass is 10.2. The Morgan fingerprint density at radius 3 is 2.47 bits per heavy atom. The van der Waals surface area contributed by atoms with Crippen molar-refractivity contribution in [1.82, 2.24) is 14.5 Å². The van der Waals surface area contributed by atoms with Gasteiger partial charge in [0.15, 0.2) is 0 Å². The fourth-order valence-corrected chi connectivity index (χ4v) is 3.34. The van der Waals surface area contributed by atoms with Gasteiger partial charge in [0, 0.05) is 24.6 Å². The molecule has 0 fully saturated rings. The number of anilines is 2. The summed E-state index contributed by atoms with van der Waals surface area (Å²) in [6.07, 6.45) is 5.49. The number of para-hydroxylation sites is 1. The normalized spacial score (nSPS) is 10.8. The fourth-order valence-electron chi connectivity index (χ4n) is 3.34. The van der Waals surface area contributed by atoms with Crippen LogP contribution in [0.15, 0.2) is 77.9 Å². The molecule has 0 saturated carbocycles. The van der Waals surface area contributed by atoms with Crippen molar-refractivity contribution in [3.05, 3.63) is 94.8 Å². The summed E-state index contributed by atoms with van der Waals surface area (Å²) in [6, 6.07) is 19.0. The number of benzene rings is 2. The van der Waals surface area contributed by atoms with Gasteiger partial charge in [0.1, 0.15) is 17.3 Å². The van der Waals surface area contributed by atoms with E-state index in [9.17, 15) is 9.90 Å². The molecule has 0 radical (unpaired) electrons. The van der Waals surface area contributed by atoms with Crippen LogP contribution in [-0.4, -0.2) is 19.6 Å². The topological polar surface area (TPSA) is 95.1 Å². The van der Waals surface area contributed by atoms with Gasteiger partial charge < -0.3 is 20.1 Å². The number of aromatic amines is 2. The summed E-state index contributed by atoms with van der Waals surface area (Å²) in [5, 5.41) is 13.0. The van der Waals surface area contributed by atoms with E-state index in [1.807, 2.05) is 73.1 Å². The number of aliphatic hydroxyl groups is 1. The summed E-state index contributed by atoms with van der Waals surface area (Å²) in [5.41, 5.74) is 2.28. The average Bonchev–Trinajstić information content (AvgIpc) is 3.38. The maximum atomic E-state index is 12.4. The molecule has 4 rings (SSSR count). The highest BCUT2D eigenvalue weighted by Crippen LogP contribution is 2.25. The van der Waals surface area contributed by atoms with Crippen LogP contribution in [0.1, 0.15) is 17.7 Å². The average molecular weight is 404 g/mol. The lowest BCUT2D eigenvalue weighted by Gasteiger charge is -2.10. The minimum atomic E-state index is -0.236. The van der Waals surface area contributed by atoms with Crippen LogP contribution in [0, 0.1) is 0 Å². The van der Waals surface area contributed by atoms with E-state index in [1.54, 1.807) is 4.57 Å². The van der Waals surface area contributed by atoms with Crippen LogP contribution in [0.3, 0.4) is 0 Å². The predicted molar refractivity (Wildman–Crippen MR) is 116 cm³/mol. The minimum absolute atomic E-state index is 0.236. The molecule has 2 heterocycles. The van der Waals surface area contributed by atoms with Crippen molar-refractivity contribution in [2.45, 2.75) is 26.0 Å². The second-order valence-corrected chi connectivity index (χ2v) is 6.95. The van der Waals surface area contributed by atoms with E-state index >= 15 is 0 Å². The monoisotopic (exact) mass is 404 g/mol. The molecule has 0 aliphatic carbocycles. The molecule has 0 atom stereocenters. The molecule has 0 amide bonds. The SMILES string of the molecule is O=c1[nH]c(Nc2ccc(Oc3ccccc3)cc2)c(CO)n1CCCc1cc[nH]c1. The molecule has 4 N–H and O–H groups in total. The molecule has 0 spiro atoms. The molecular formula is C23H24N4O3. The Hall–Kier alpha value is -3.71. The Morgan fingerprint density at radius 2 is 1.77 bits per heavy atom. The van der Waals surface area contributed by atoms with Crippen molar-refractivity contribution in [2.24, 2.45) is 0 Å². The van der Waals surface area contributed by atoms with Crippen molar-refractivity contribution in [3.8, 4) is 11.5 Å². The first-order valence-corrected chi connectivity index (χ1v) is 9.87. The first-order chi connectivity index (χ1) is 14.7. The van der Waals surface area contributed by atoms with Crippen molar-refractivity contribution in [2.75, 3.05) is 5.32 Å². The molecule has 0 aliphatic heterocycles. The van der Waals surface area contributed by atoms with Crippen LogP contribution in [0.2, 0.25) is 0 Å². The lowest BCUT2D eigenvalue weighted by molar-refractivity contribution is 0.270. The molecule has 2 aromatic heterocycles. The third-order valence-electron chi connectivity index (χ3n) is 4.85. The number of H-pyrrole nitrogens is 2. The molecule has 4 aromatic rings. The number of nitrogens with one attached hydrogen (secondary N) is 3. The molecule has 7 nitrogen and oxygen atoms in total. The van der Waals surface area contributed by atoms with Gasteiger partial charge in [0.25, 0.3) is 0 Å². The molecule has 0 bridgehead atoms. The second kappa shape index (κ2) is 9.19. The highest BCUT2D eigenvalue weighted by molar-refractivity contribution is 5.59.